The molecule has 1 aliphatic rings. The third-order valence-electron chi connectivity index (χ3n) is 3.98. The first-order valence-corrected chi connectivity index (χ1v) is 6.63. The molecule has 1 unspecified atom stereocenters. The van der Waals surface area contributed by atoms with Crippen molar-refractivity contribution in [1.82, 2.24) is 19.9 Å². The Morgan fingerprint density at radius 1 is 1.39 bits per heavy atom. The van der Waals surface area contributed by atoms with Gasteiger partial charge in [0.25, 0.3) is 0 Å². The lowest BCUT2D eigenvalue weighted by Gasteiger charge is -2.38. The summed E-state index contributed by atoms with van der Waals surface area (Å²) in [5, 5.41) is 12.3. The molecule has 0 spiro atoms. The number of hydrogen-bond acceptors (Lipinski definition) is 3. The van der Waals surface area contributed by atoms with Crippen LogP contribution in [0.25, 0.3) is 5.65 Å². The highest BCUT2D eigenvalue weighted by atomic mass is 15.3. The van der Waals surface area contributed by atoms with Gasteiger partial charge in [0.05, 0.1) is 6.04 Å². The van der Waals surface area contributed by atoms with Gasteiger partial charge >= 0.3 is 0 Å². The van der Waals surface area contributed by atoms with Crippen LogP contribution in [0.2, 0.25) is 0 Å². The Bertz CT molecular complexity index is 570. The number of pyridine rings is 1. The molecule has 1 N–H and O–H groups in total. The first-order valence-electron chi connectivity index (χ1n) is 6.63. The standard InChI is InChI=1S/C14H20N4/c1-10-5-8-18-11(9-10)16-17-13(18)12-14(2,3)6-4-7-15-12/h5,8-9,12,15H,4,6-7H2,1-3H3. The smallest absolute Gasteiger partial charge is 0.161 e. The molecule has 4 heteroatoms. The molecule has 0 aliphatic carbocycles. The summed E-state index contributed by atoms with van der Waals surface area (Å²) < 4.78 is 2.11. The van der Waals surface area contributed by atoms with E-state index in [1.54, 1.807) is 0 Å². The van der Waals surface area contributed by atoms with E-state index in [1.807, 2.05) is 0 Å². The van der Waals surface area contributed by atoms with E-state index in [0.29, 0.717) is 0 Å². The van der Waals surface area contributed by atoms with Crippen molar-refractivity contribution in [3.8, 4) is 0 Å². The molecule has 3 heterocycles. The highest BCUT2D eigenvalue weighted by Gasteiger charge is 2.36. The number of aromatic nitrogens is 3. The van der Waals surface area contributed by atoms with Gasteiger partial charge in [-0.2, -0.15) is 0 Å². The molecule has 2 aromatic heterocycles. The van der Waals surface area contributed by atoms with Crippen LogP contribution in [0, 0.1) is 12.3 Å². The maximum atomic E-state index is 4.41. The normalized spacial score (nSPS) is 23.4. The Balaban J connectivity index is 2.08. The summed E-state index contributed by atoms with van der Waals surface area (Å²) in [4.78, 5) is 0. The Kier molecular flexibility index (Phi) is 2.63. The molecule has 0 aromatic carbocycles. The van der Waals surface area contributed by atoms with Crippen LogP contribution in [-0.4, -0.2) is 21.1 Å². The third-order valence-corrected chi connectivity index (χ3v) is 3.98. The summed E-state index contributed by atoms with van der Waals surface area (Å²) in [6, 6.07) is 4.46. The van der Waals surface area contributed by atoms with E-state index < -0.39 is 0 Å². The van der Waals surface area contributed by atoms with Crippen LogP contribution in [-0.2, 0) is 0 Å². The molecule has 4 nitrogen and oxygen atoms in total. The van der Waals surface area contributed by atoms with E-state index in [2.05, 4.69) is 59.0 Å². The minimum atomic E-state index is 0.228. The van der Waals surface area contributed by atoms with Crippen LogP contribution in [0.1, 0.15) is 44.1 Å². The summed E-state index contributed by atoms with van der Waals surface area (Å²) >= 11 is 0. The summed E-state index contributed by atoms with van der Waals surface area (Å²) in [6.07, 6.45) is 4.54. The lowest BCUT2D eigenvalue weighted by atomic mass is 9.77. The molecule has 0 saturated carbocycles. The molecule has 1 atom stereocenters. The predicted octanol–water partition coefficient (Wildman–Crippen LogP) is 2.49. The number of aryl methyl sites for hydroxylation is 1. The molecular weight excluding hydrogens is 224 g/mol. The molecule has 2 aromatic rings. The zero-order valence-corrected chi connectivity index (χ0v) is 11.3. The molecule has 18 heavy (non-hydrogen) atoms. The van der Waals surface area contributed by atoms with Crippen LogP contribution in [0.5, 0.6) is 0 Å². The van der Waals surface area contributed by atoms with Gasteiger partial charge in [-0.05, 0) is 49.4 Å². The van der Waals surface area contributed by atoms with Crippen molar-refractivity contribution in [2.45, 2.75) is 39.7 Å². The lowest BCUT2D eigenvalue weighted by Crippen LogP contribution is -2.40. The SMILES string of the molecule is Cc1ccn2c(C3NCCCC3(C)C)nnc2c1. The average Bonchev–Trinajstić information content (AvgIpc) is 2.71. The fourth-order valence-corrected chi connectivity index (χ4v) is 2.86. The molecule has 0 radical (unpaired) electrons. The monoisotopic (exact) mass is 244 g/mol. The molecule has 0 bridgehead atoms. The summed E-state index contributed by atoms with van der Waals surface area (Å²) in [5.41, 5.74) is 2.39. The van der Waals surface area contributed by atoms with Crippen molar-refractivity contribution in [2.24, 2.45) is 5.41 Å². The first kappa shape index (κ1) is 11.7. The van der Waals surface area contributed by atoms with E-state index in [1.165, 1.54) is 18.4 Å². The molecule has 96 valence electrons. The van der Waals surface area contributed by atoms with Gasteiger partial charge in [0.1, 0.15) is 0 Å². The number of hydrogen-bond donors (Lipinski definition) is 1. The second kappa shape index (κ2) is 4.05. The molecule has 3 rings (SSSR count). The minimum absolute atomic E-state index is 0.228. The maximum Gasteiger partial charge on any atom is 0.161 e. The van der Waals surface area contributed by atoms with Crippen LogP contribution in [0.15, 0.2) is 18.3 Å². The second-order valence-electron chi connectivity index (χ2n) is 5.97. The fraction of sp³-hybridized carbons (Fsp3) is 0.571. The molecule has 0 amide bonds. The van der Waals surface area contributed by atoms with Crippen molar-refractivity contribution < 1.29 is 0 Å². The summed E-state index contributed by atoms with van der Waals surface area (Å²) in [5.74, 6) is 1.04. The van der Waals surface area contributed by atoms with Crippen molar-refractivity contribution in [2.75, 3.05) is 6.54 Å². The number of nitrogens with one attached hydrogen (secondary N) is 1. The van der Waals surface area contributed by atoms with Gasteiger partial charge in [0, 0.05) is 6.20 Å². The quantitative estimate of drug-likeness (QED) is 0.838. The number of rotatable bonds is 1. The van der Waals surface area contributed by atoms with Crippen molar-refractivity contribution >= 4 is 5.65 Å². The van der Waals surface area contributed by atoms with E-state index in [9.17, 15) is 0 Å². The number of fused-ring (bicyclic) bond motifs is 1. The zero-order chi connectivity index (χ0) is 12.8. The van der Waals surface area contributed by atoms with Crippen LogP contribution >= 0.6 is 0 Å². The van der Waals surface area contributed by atoms with Gasteiger partial charge in [-0.25, -0.2) is 0 Å². The lowest BCUT2D eigenvalue weighted by molar-refractivity contribution is 0.173. The molecule has 1 fully saturated rings. The van der Waals surface area contributed by atoms with Crippen molar-refractivity contribution in [3.63, 3.8) is 0 Å². The minimum Gasteiger partial charge on any atom is -0.307 e. The Morgan fingerprint density at radius 3 is 3.00 bits per heavy atom. The van der Waals surface area contributed by atoms with Crippen LogP contribution in [0.3, 0.4) is 0 Å². The van der Waals surface area contributed by atoms with Gasteiger partial charge in [0.2, 0.25) is 0 Å². The maximum absolute atomic E-state index is 4.41. The van der Waals surface area contributed by atoms with Gasteiger partial charge in [-0.1, -0.05) is 13.8 Å². The molecule has 1 saturated heterocycles. The van der Waals surface area contributed by atoms with E-state index in [0.717, 1.165) is 18.0 Å². The predicted molar refractivity (Wildman–Crippen MR) is 71.5 cm³/mol. The number of nitrogens with zero attached hydrogens (tertiary/aromatic N) is 3. The van der Waals surface area contributed by atoms with Crippen LogP contribution in [0.4, 0.5) is 0 Å². The molecular formula is C14H20N4. The van der Waals surface area contributed by atoms with Crippen LogP contribution < -0.4 is 5.32 Å². The van der Waals surface area contributed by atoms with Crippen molar-refractivity contribution in [1.29, 1.82) is 0 Å². The highest BCUT2D eigenvalue weighted by molar-refractivity contribution is 5.41. The fourth-order valence-electron chi connectivity index (χ4n) is 2.86. The van der Waals surface area contributed by atoms with Gasteiger partial charge in [-0.3, -0.25) is 4.40 Å². The third kappa shape index (κ3) is 1.81. The second-order valence-corrected chi connectivity index (χ2v) is 5.97. The Labute approximate surface area is 107 Å². The van der Waals surface area contributed by atoms with Gasteiger partial charge in [0.15, 0.2) is 11.5 Å². The van der Waals surface area contributed by atoms with Gasteiger partial charge in [-0.15, -0.1) is 10.2 Å². The molecule has 1 aliphatic heterocycles. The van der Waals surface area contributed by atoms with Crippen molar-refractivity contribution in [3.05, 3.63) is 29.7 Å². The van der Waals surface area contributed by atoms with E-state index in [4.69, 9.17) is 0 Å². The summed E-state index contributed by atoms with van der Waals surface area (Å²) in [7, 11) is 0. The zero-order valence-electron chi connectivity index (χ0n) is 11.3. The number of piperidine rings is 1. The topological polar surface area (TPSA) is 42.2 Å². The Hall–Kier alpha value is -1.42. The van der Waals surface area contributed by atoms with E-state index >= 15 is 0 Å². The first-order chi connectivity index (χ1) is 8.58. The average molecular weight is 244 g/mol. The highest BCUT2D eigenvalue weighted by Crippen LogP contribution is 2.39. The van der Waals surface area contributed by atoms with E-state index in [-0.39, 0.29) is 11.5 Å². The summed E-state index contributed by atoms with van der Waals surface area (Å²) in [6.45, 7) is 7.75. The largest absolute Gasteiger partial charge is 0.307 e. The van der Waals surface area contributed by atoms with Gasteiger partial charge < -0.3 is 5.32 Å². The Morgan fingerprint density at radius 2 is 2.22 bits per heavy atom.